The molecule has 0 spiro atoms. The van der Waals surface area contributed by atoms with E-state index >= 15 is 0 Å². The van der Waals surface area contributed by atoms with E-state index in [4.69, 9.17) is 4.74 Å². The van der Waals surface area contributed by atoms with Crippen molar-refractivity contribution < 1.29 is 9.53 Å². The summed E-state index contributed by atoms with van der Waals surface area (Å²) in [6.07, 6.45) is 0. The van der Waals surface area contributed by atoms with Gasteiger partial charge >= 0.3 is 0 Å². The number of amides is 1. The molecule has 3 rings (SSSR count). The molecule has 0 atom stereocenters. The van der Waals surface area contributed by atoms with Crippen LogP contribution in [0.1, 0.15) is 5.56 Å². The van der Waals surface area contributed by atoms with Crippen LogP contribution >= 0.6 is 11.8 Å². The van der Waals surface area contributed by atoms with Gasteiger partial charge in [0.15, 0.2) is 0 Å². The minimum atomic E-state index is -0.490. The fourth-order valence-corrected chi connectivity index (χ4v) is 3.21. The molecule has 1 fully saturated rings. The quantitative estimate of drug-likeness (QED) is 0.768. The molecule has 2 aliphatic heterocycles. The Morgan fingerprint density at radius 1 is 1.50 bits per heavy atom. The first-order valence-electron chi connectivity index (χ1n) is 5.69. The number of hydrogen-bond donors (Lipinski definition) is 0. The highest BCUT2D eigenvalue weighted by Crippen LogP contribution is 2.39. The van der Waals surface area contributed by atoms with Crippen LogP contribution in [0.5, 0.6) is 0 Å². The van der Waals surface area contributed by atoms with Crippen LogP contribution in [-0.2, 0) is 14.9 Å². The third-order valence-electron chi connectivity index (χ3n) is 3.51. The smallest absolute Gasteiger partial charge is 0.237 e. The molecule has 92 valence electrons. The van der Waals surface area contributed by atoms with Crippen molar-refractivity contribution in [1.29, 1.82) is 5.26 Å². The maximum absolute atomic E-state index is 11.6. The third-order valence-corrected chi connectivity index (χ3v) is 4.54. The van der Waals surface area contributed by atoms with Gasteiger partial charge in [-0.3, -0.25) is 4.79 Å². The highest BCUT2D eigenvalue weighted by atomic mass is 32.2. The summed E-state index contributed by atoms with van der Waals surface area (Å²) in [6.45, 7) is 0.920. The molecule has 0 unspecified atom stereocenters. The molecular formula is C13H12N2O2S. The first-order valence-corrected chi connectivity index (χ1v) is 6.68. The standard InChI is InChI=1S/C13H12N2O2S/c1-15-10-3-2-9(13(6-14)7-17-8-13)4-11(10)18-5-12(15)16/h2-4H,5,7-8H2,1H3. The Hall–Kier alpha value is -1.51. The Bertz CT molecular complexity index is 561. The van der Waals surface area contributed by atoms with E-state index in [1.807, 2.05) is 18.2 Å². The Balaban J connectivity index is 2.02. The van der Waals surface area contributed by atoms with Crippen molar-refractivity contribution in [3.8, 4) is 6.07 Å². The van der Waals surface area contributed by atoms with Crippen molar-refractivity contribution in [2.45, 2.75) is 10.3 Å². The molecule has 5 heteroatoms. The van der Waals surface area contributed by atoms with Crippen molar-refractivity contribution in [2.75, 3.05) is 30.9 Å². The van der Waals surface area contributed by atoms with Gasteiger partial charge in [-0.05, 0) is 17.7 Å². The second-order valence-corrected chi connectivity index (χ2v) is 5.63. The average molecular weight is 260 g/mol. The lowest BCUT2D eigenvalue weighted by molar-refractivity contribution is -0.116. The van der Waals surface area contributed by atoms with Crippen molar-refractivity contribution in [3.05, 3.63) is 23.8 Å². The lowest BCUT2D eigenvalue weighted by Gasteiger charge is -2.36. The summed E-state index contributed by atoms with van der Waals surface area (Å²) in [5, 5.41) is 9.29. The number of ether oxygens (including phenoxy) is 1. The van der Waals surface area contributed by atoms with Gasteiger partial charge in [-0.15, -0.1) is 11.8 Å². The monoisotopic (exact) mass is 260 g/mol. The van der Waals surface area contributed by atoms with Crippen molar-refractivity contribution in [3.63, 3.8) is 0 Å². The van der Waals surface area contributed by atoms with Crippen LogP contribution in [0.3, 0.4) is 0 Å². The number of carbonyl (C=O) groups is 1. The van der Waals surface area contributed by atoms with Gasteiger partial charge in [0, 0.05) is 11.9 Å². The molecule has 1 aromatic carbocycles. The molecule has 0 N–H and O–H groups in total. The van der Waals surface area contributed by atoms with Crippen LogP contribution in [0.15, 0.2) is 23.1 Å². The second-order valence-electron chi connectivity index (χ2n) is 4.61. The summed E-state index contributed by atoms with van der Waals surface area (Å²) in [4.78, 5) is 14.3. The predicted octanol–water partition coefficient (Wildman–Crippen LogP) is 1.55. The van der Waals surface area contributed by atoms with Gasteiger partial charge in [0.05, 0.1) is 30.7 Å². The number of carbonyl (C=O) groups excluding carboxylic acids is 1. The number of benzene rings is 1. The van der Waals surface area contributed by atoms with Gasteiger partial charge in [0.25, 0.3) is 0 Å². The van der Waals surface area contributed by atoms with Crippen LogP contribution in [0.2, 0.25) is 0 Å². The van der Waals surface area contributed by atoms with E-state index in [9.17, 15) is 10.1 Å². The Morgan fingerprint density at radius 2 is 2.28 bits per heavy atom. The van der Waals surface area contributed by atoms with E-state index in [1.165, 1.54) is 11.8 Å². The fourth-order valence-electron chi connectivity index (χ4n) is 2.18. The summed E-state index contributed by atoms with van der Waals surface area (Å²) in [7, 11) is 1.78. The van der Waals surface area contributed by atoms with E-state index in [1.54, 1.807) is 11.9 Å². The van der Waals surface area contributed by atoms with Gasteiger partial charge in [-0.2, -0.15) is 5.26 Å². The predicted molar refractivity (Wildman–Crippen MR) is 68.7 cm³/mol. The highest BCUT2D eigenvalue weighted by molar-refractivity contribution is 8.00. The zero-order valence-electron chi connectivity index (χ0n) is 9.97. The molecule has 0 aliphatic carbocycles. The summed E-state index contributed by atoms with van der Waals surface area (Å²) in [5.74, 6) is 0.574. The number of fused-ring (bicyclic) bond motifs is 1. The molecule has 1 amide bonds. The molecular weight excluding hydrogens is 248 g/mol. The van der Waals surface area contributed by atoms with Crippen LogP contribution in [0.25, 0.3) is 0 Å². The summed E-state index contributed by atoms with van der Waals surface area (Å²) in [5.41, 5.74) is 1.42. The molecule has 18 heavy (non-hydrogen) atoms. The topological polar surface area (TPSA) is 53.3 Å². The van der Waals surface area contributed by atoms with E-state index in [0.717, 1.165) is 16.1 Å². The maximum atomic E-state index is 11.6. The maximum Gasteiger partial charge on any atom is 0.237 e. The number of hydrogen-bond acceptors (Lipinski definition) is 4. The zero-order valence-corrected chi connectivity index (χ0v) is 10.8. The van der Waals surface area contributed by atoms with Crippen molar-refractivity contribution in [1.82, 2.24) is 0 Å². The van der Waals surface area contributed by atoms with Gasteiger partial charge in [0.2, 0.25) is 5.91 Å². The number of nitrogens with zero attached hydrogens (tertiary/aromatic N) is 2. The van der Waals surface area contributed by atoms with Crippen LogP contribution < -0.4 is 4.90 Å². The number of rotatable bonds is 1. The first kappa shape index (κ1) is 11.6. The van der Waals surface area contributed by atoms with Crippen LogP contribution in [0.4, 0.5) is 5.69 Å². The van der Waals surface area contributed by atoms with E-state index in [2.05, 4.69) is 6.07 Å². The van der Waals surface area contributed by atoms with Crippen molar-refractivity contribution in [2.24, 2.45) is 0 Å². The van der Waals surface area contributed by atoms with E-state index in [-0.39, 0.29) is 5.91 Å². The SMILES string of the molecule is CN1C(=O)CSc2cc(C3(C#N)COC3)ccc21. The molecule has 0 saturated carbocycles. The Kier molecular flexibility index (Phi) is 2.58. The lowest BCUT2D eigenvalue weighted by atomic mass is 9.80. The Labute approximate surface area is 110 Å². The second kappa shape index (κ2) is 4.01. The molecule has 0 bridgehead atoms. The average Bonchev–Trinajstić information content (AvgIpc) is 2.33. The summed E-state index contributed by atoms with van der Waals surface area (Å²) in [6, 6.07) is 8.22. The largest absolute Gasteiger partial charge is 0.377 e. The zero-order chi connectivity index (χ0) is 12.8. The van der Waals surface area contributed by atoms with Crippen LogP contribution in [-0.4, -0.2) is 31.9 Å². The molecule has 2 heterocycles. The minimum Gasteiger partial charge on any atom is -0.377 e. The lowest BCUT2D eigenvalue weighted by Crippen LogP contribution is -2.45. The normalized spacial score (nSPS) is 20.9. The molecule has 0 aromatic heterocycles. The van der Waals surface area contributed by atoms with E-state index < -0.39 is 5.41 Å². The highest BCUT2D eigenvalue weighted by Gasteiger charge is 2.41. The van der Waals surface area contributed by atoms with Gasteiger partial charge in [-0.1, -0.05) is 6.07 Å². The third kappa shape index (κ3) is 1.53. The van der Waals surface area contributed by atoms with Gasteiger partial charge in [-0.25, -0.2) is 0 Å². The number of nitriles is 1. The van der Waals surface area contributed by atoms with E-state index in [0.29, 0.717) is 19.0 Å². The Morgan fingerprint density at radius 3 is 2.89 bits per heavy atom. The van der Waals surface area contributed by atoms with Crippen molar-refractivity contribution >= 4 is 23.4 Å². The minimum absolute atomic E-state index is 0.113. The molecule has 4 nitrogen and oxygen atoms in total. The molecule has 2 aliphatic rings. The number of anilines is 1. The fraction of sp³-hybridized carbons (Fsp3) is 0.385. The van der Waals surface area contributed by atoms with Gasteiger partial charge in [0.1, 0.15) is 5.41 Å². The molecule has 1 aromatic rings. The number of thioether (sulfide) groups is 1. The van der Waals surface area contributed by atoms with Crippen LogP contribution in [0, 0.1) is 11.3 Å². The van der Waals surface area contributed by atoms with Gasteiger partial charge < -0.3 is 9.64 Å². The molecule has 0 radical (unpaired) electrons. The summed E-state index contributed by atoms with van der Waals surface area (Å²) >= 11 is 1.53. The molecule has 1 saturated heterocycles. The first-order chi connectivity index (χ1) is 8.66. The summed E-state index contributed by atoms with van der Waals surface area (Å²) < 4.78 is 5.17.